The third-order valence-electron chi connectivity index (χ3n) is 2.89. The molecule has 1 fully saturated rings. The maximum Gasteiger partial charge on any atom is 0.00107 e. The van der Waals surface area contributed by atoms with Crippen LogP contribution in [0.25, 0.3) is 0 Å². The van der Waals surface area contributed by atoms with Crippen LogP contribution in [0.5, 0.6) is 0 Å². The first-order chi connectivity index (χ1) is 5.33. The zero-order valence-electron chi connectivity index (χ0n) is 7.53. The lowest BCUT2D eigenvalue weighted by Gasteiger charge is -2.36. The Balaban J connectivity index is 2.49. The second-order valence-corrected chi connectivity index (χ2v) is 3.63. The fraction of sp³-hybridized carbons (Fsp3) is 0.800. The number of rotatable bonds is 3. The summed E-state index contributed by atoms with van der Waals surface area (Å²) in [5, 5.41) is 3.46. The number of piperidine rings is 1. The molecule has 1 N–H and O–H groups in total. The maximum absolute atomic E-state index is 3.82. The topological polar surface area (TPSA) is 12.0 Å². The maximum atomic E-state index is 3.82. The van der Waals surface area contributed by atoms with Gasteiger partial charge in [-0.25, -0.2) is 0 Å². The average Bonchev–Trinajstić information content (AvgIpc) is 2.07. The lowest BCUT2D eigenvalue weighted by molar-refractivity contribution is 0.203. The Labute approximate surface area is 69.9 Å². The molecule has 0 saturated carbocycles. The molecule has 0 spiro atoms. The van der Waals surface area contributed by atoms with E-state index in [0.29, 0.717) is 5.41 Å². The van der Waals surface area contributed by atoms with Crippen LogP contribution < -0.4 is 5.32 Å². The molecule has 1 rings (SSSR count). The van der Waals surface area contributed by atoms with Crippen molar-refractivity contribution >= 4 is 0 Å². The highest BCUT2D eigenvalue weighted by Crippen LogP contribution is 2.33. The zero-order chi connectivity index (χ0) is 8.16. The molecule has 0 aromatic carbocycles. The standard InChI is InChI=1S/C10H19N/c1-3-6-10(4-2)7-5-8-11-9-10/h3,11H,1,4-9H2,2H3/t10-/m1/s1. The first-order valence-electron chi connectivity index (χ1n) is 4.64. The molecule has 1 heteroatoms. The quantitative estimate of drug-likeness (QED) is 0.614. The van der Waals surface area contributed by atoms with Gasteiger partial charge in [0.2, 0.25) is 0 Å². The van der Waals surface area contributed by atoms with Crippen LogP contribution in [0.1, 0.15) is 32.6 Å². The van der Waals surface area contributed by atoms with Crippen LogP contribution in [0.4, 0.5) is 0 Å². The molecule has 0 amide bonds. The molecule has 1 atom stereocenters. The fourth-order valence-corrected chi connectivity index (χ4v) is 1.96. The van der Waals surface area contributed by atoms with Gasteiger partial charge in [0.1, 0.15) is 0 Å². The second kappa shape index (κ2) is 3.91. The molecule has 0 radical (unpaired) electrons. The van der Waals surface area contributed by atoms with Crippen LogP contribution in [0, 0.1) is 5.41 Å². The Bertz CT molecular complexity index is 123. The van der Waals surface area contributed by atoms with Crippen LogP contribution >= 0.6 is 0 Å². The van der Waals surface area contributed by atoms with Crippen LogP contribution in [0.15, 0.2) is 12.7 Å². The molecule has 1 saturated heterocycles. The molecule has 1 aliphatic rings. The van der Waals surface area contributed by atoms with E-state index in [1.165, 1.54) is 38.8 Å². The number of hydrogen-bond donors (Lipinski definition) is 1. The van der Waals surface area contributed by atoms with Gasteiger partial charge in [0.15, 0.2) is 0 Å². The van der Waals surface area contributed by atoms with Crippen molar-refractivity contribution in [1.29, 1.82) is 0 Å². The van der Waals surface area contributed by atoms with Crippen molar-refractivity contribution in [1.82, 2.24) is 5.32 Å². The van der Waals surface area contributed by atoms with E-state index in [9.17, 15) is 0 Å². The Morgan fingerprint density at radius 1 is 1.64 bits per heavy atom. The first kappa shape index (κ1) is 8.79. The van der Waals surface area contributed by atoms with Crippen molar-refractivity contribution in [3.63, 3.8) is 0 Å². The van der Waals surface area contributed by atoms with Crippen molar-refractivity contribution in [3.05, 3.63) is 12.7 Å². The Hall–Kier alpha value is -0.300. The zero-order valence-corrected chi connectivity index (χ0v) is 7.53. The number of hydrogen-bond acceptors (Lipinski definition) is 1. The van der Waals surface area contributed by atoms with E-state index in [4.69, 9.17) is 0 Å². The molecule has 0 aromatic rings. The highest BCUT2D eigenvalue weighted by atomic mass is 14.9. The molecule has 0 aliphatic carbocycles. The van der Waals surface area contributed by atoms with E-state index in [-0.39, 0.29) is 0 Å². The minimum absolute atomic E-state index is 0.542. The molecule has 11 heavy (non-hydrogen) atoms. The van der Waals surface area contributed by atoms with Gasteiger partial charge in [-0.2, -0.15) is 0 Å². The van der Waals surface area contributed by atoms with E-state index in [2.05, 4.69) is 24.9 Å². The van der Waals surface area contributed by atoms with E-state index < -0.39 is 0 Å². The molecule has 0 unspecified atom stereocenters. The smallest absolute Gasteiger partial charge is 0.00107 e. The number of allylic oxidation sites excluding steroid dienone is 1. The van der Waals surface area contributed by atoms with Gasteiger partial charge >= 0.3 is 0 Å². The summed E-state index contributed by atoms with van der Waals surface area (Å²) < 4.78 is 0. The van der Waals surface area contributed by atoms with Crippen LogP contribution in [0.2, 0.25) is 0 Å². The fourth-order valence-electron chi connectivity index (χ4n) is 1.96. The van der Waals surface area contributed by atoms with Gasteiger partial charge in [-0.1, -0.05) is 13.0 Å². The van der Waals surface area contributed by atoms with E-state index >= 15 is 0 Å². The average molecular weight is 153 g/mol. The SMILES string of the molecule is C=CC[C@]1(CC)CCCNC1. The predicted molar refractivity (Wildman–Crippen MR) is 49.6 cm³/mol. The third-order valence-corrected chi connectivity index (χ3v) is 2.89. The summed E-state index contributed by atoms with van der Waals surface area (Å²) >= 11 is 0. The van der Waals surface area contributed by atoms with E-state index in [0.717, 1.165) is 0 Å². The summed E-state index contributed by atoms with van der Waals surface area (Å²) in [6.45, 7) is 8.51. The molecular weight excluding hydrogens is 134 g/mol. The highest BCUT2D eigenvalue weighted by molar-refractivity contribution is 4.89. The molecule has 0 aromatic heterocycles. The normalized spacial score (nSPS) is 31.7. The first-order valence-corrected chi connectivity index (χ1v) is 4.64. The van der Waals surface area contributed by atoms with Gasteiger partial charge in [0.05, 0.1) is 0 Å². The molecule has 1 heterocycles. The minimum Gasteiger partial charge on any atom is -0.316 e. The van der Waals surface area contributed by atoms with Gasteiger partial charge in [0.25, 0.3) is 0 Å². The van der Waals surface area contributed by atoms with Gasteiger partial charge in [0, 0.05) is 6.54 Å². The Kier molecular flexibility index (Phi) is 3.13. The van der Waals surface area contributed by atoms with Gasteiger partial charge in [-0.3, -0.25) is 0 Å². The highest BCUT2D eigenvalue weighted by Gasteiger charge is 2.28. The van der Waals surface area contributed by atoms with Crippen molar-refractivity contribution in [2.75, 3.05) is 13.1 Å². The minimum atomic E-state index is 0.542. The summed E-state index contributed by atoms with van der Waals surface area (Å²) in [6, 6.07) is 0. The van der Waals surface area contributed by atoms with E-state index in [1.54, 1.807) is 0 Å². The van der Waals surface area contributed by atoms with Gasteiger partial charge in [-0.05, 0) is 37.6 Å². The Morgan fingerprint density at radius 3 is 2.91 bits per heavy atom. The number of nitrogens with one attached hydrogen (secondary N) is 1. The summed E-state index contributed by atoms with van der Waals surface area (Å²) in [4.78, 5) is 0. The lowest BCUT2D eigenvalue weighted by atomic mass is 9.76. The van der Waals surface area contributed by atoms with E-state index in [1.807, 2.05) is 0 Å². The largest absolute Gasteiger partial charge is 0.316 e. The van der Waals surface area contributed by atoms with Crippen LogP contribution in [0.3, 0.4) is 0 Å². The molecular formula is C10H19N. The van der Waals surface area contributed by atoms with Gasteiger partial charge in [-0.15, -0.1) is 6.58 Å². The molecule has 0 bridgehead atoms. The summed E-state index contributed by atoms with van der Waals surface area (Å²) in [5.74, 6) is 0. The molecule has 1 nitrogen and oxygen atoms in total. The van der Waals surface area contributed by atoms with Crippen molar-refractivity contribution < 1.29 is 0 Å². The Morgan fingerprint density at radius 2 is 2.45 bits per heavy atom. The third kappa shape index (κ3) is 2.06. The second-order valence-electron chi connectivity index (χ2n) is 3.63. The summed E-state index contributed by atoms with van der Waals surface area (Å²) in [6.07, 6.45) is 7.24. The molecule has 1 aliphatic heterocycles. The van der Waals surface area contributed by atoms with Crippen LogP contribution in [-0.2, 0) is 0 Å². The predicted octanol–water partition coefficient (Wildman–Crippen LogP) is 2.34. The van der Waals surface area contributed by atoms with Crippen molar-refractivity contribution in [3.8, 4) is 0 Å². The van der Waals surface area contributed by atoms with Crippen LogP contribution in [-0.4, -0.2) is 13.1 Å². The monoisotopic (exact) mass is 153 g/mol. The van der Waals surface area contributed by atoms with Gasteiger partial charge < -0.3 is 5.32 Å². The van der Waals surface area contributed by atoms with Crippen molar-refractivity contribution in [2.24, 2.45) is 5.41 Å². The molecule has 64 valence electrons. The van der Waals surface area contributed by atoms with Crippen molar-refractivity contribution in [2.45, 2.75) is 32.6 Å². The summed E-state index contributed by atoms with van der Waals surface area (Å²) in [7, 11) is 0. The lowest BCUT2D eigenvalue weighted by Crippen LogP contribution is -2.39. The summed E-state index contributed by atoms with van der Waals surface area (Å²) in [5.41, 5.74) is 0.542.